The topological polar surface area (TPSA) is 55.3 Å². The SMILES string of the molecule is CC(C)c1ccc2oc(C3CCN(C(C)CN)CC3)nc2c1. The zero-order valence-corrected chi connectivity index (χ0v) is 13.9. The molecule has 22 heavy (non-hydrogen) atoms. The molecule has 0 spiro atoms. The number of hydrogen-bond acceptors (Lipinski definition) is 4. The summed E-state index contributed by atoms with van der Waals surface area (Å²) in [5, 5.41) is 0. The van der Waals surface area contributed by atoms with E-state index in [0.29, 0.717) is 17.9 Å². The number of benzene rings is 1. The summed E-state index contributed by atoms with van der Waals surface area (Å²) in [6.45, 7) is 9.50. The van der Waals surface area contributed by atoms with E-state index in [4.69, 9.17) is 15.1 Å². The second kappa shape index (κ2) is 6.39. The summed E-state index contributed by atoms with van der Waals surface area (Å²) in [5.74, 6) is 1.87. The van der Waals surface area contributed by atoms with Crippen molar-refractivity contribution in [3.63, 3.8) is 0 Å². The van der Waals surface area contributed by atoms with Crippen LogP contribution in [0.1, 0.15) is 56.9 Å². The minimum Gasteiger partial charge on any atom is -0.440 e. The zero-order valence-electron chi connectivity index (χ0n) is 13.9. The molecule has 120 valence electrons. The lowest BCUT2D eigenvalue weighted by Crippen LogP contribution is -2.43. The average molecular weight is 301 g/mol. The van der Waals surface area contributed by atoms with Crippen molar-refractivity contribution in [2.24, 2.45) is 5.73 Å². The molecule has 4 nitrogen and oxygen atoms in total. The van der Waals surface area contributed by atoms with Crippen molar-refractivity contribution >= 4 is 11.1 Å². The van der Waals surface area contributed by atoms with E-state index in [0.717, 1.165) is 49.5 Å². The molecule has 0 amide bonds. The van der Waals surface area contributed by atoms with E-state index in [1.807, 2.05) is 0 Å². The first-order valence-corrected chi connectivity index (χ1v) is 8.43. The van der Waals surface area contributed by atoms with Crippen molar-refractivity contribution in [2.45, 2.75) is 51.5 Å². The Hall–Kier alpha value is -1.39. The van der Waals surface area contributed by atoms with Crippen LogP contribution in [0.5, 0.6) is 0 Å². The molecule has 0 radical (unpaired) electrons. The van der Waals surface area contributed by atoms with Gasteiger partial charge in [-0.25, -0.2) is 4.98 Å². The maximum atomic E-state index is 6.01. The summed E-state index contributed by atoms with van der Waals surface area (Å²) in [7, 11) is 0. The van der Waals surface area contributed by atoms with E-state index >= 15 is 0 Å². The minimum absolute atomic E-state index is 0.441. The fourth-order valence-electron chi connectivity index (χ4n) is 3.23. The van der Waals surface area contributed by atoms with Gasteiger partial charge >= 0.3 is 0 Å². The van der Waals surface area contributed by atoms with Crippen LogP contribution in [-0.2, 0) is 0 Å². The third-order valence-corrected chi connectivity index (χ3v) is 4.94. The van der Waals surface area contributed by atoms with E-state index in [1.165, 1.54) is 5.56 Å². The van der Waals surface area contributed by atoms with Crippen LogP contribution < -0.4 is 5.73 Å². The Kier molecular flexibility index (Phi) is 4.50. The Morgan fingerprint density at radius 2 is 2.00 bits per heavy atom. The molecule has 0 saturated carbocycles. The van der Waals surface area contributed by atoms with Crippen LogP contribution in [0.2, 0.25) is 0 Å². The van der Waals surface area contributed by atoms with Gasteiger partial charge in [-0.2, -0.15) is 0 Å². The van der Waals surface area contributed by atoms with E-state index in [1.54, 1.807) is 0 Å². The number of hydrogen-bond donors (Lipinski definition) is 1. The lowest BCUT2D eigenvalue weighted by molar-refractivity contribution is 0.158. The molecule has 2 aromatic rings. The molecule has 1 aliphatic heterocycles. The molecular formula is C18H27N3O. The molecule has 1 aromatic heterocycles. The molecule has 0 aliphatic carbocycles. The molecule has 2 heterocycles. The molecule has 1 aliphatic rings. The fourth-order valence-corrected chi connectivity index (χ4v) is 3.23. The third-order valence-electron chi connectivity index (χ3n) is 4.94. The molecule has 4 heteroatoms. The van der Waals surface area contributed by atoms with Crippen LogP contribution >= 0.6 is 0 Å². The van der Waals surface area contributed by atoms with Crippen LogP contribution in [0, 0.1) is 0 Å². The minimum atomic E-state index is 0.441. The van der Waals surface area contributed by atoms with Gasteiger partial charge in [0, 0.05) is 18.5 Å². The number of nitrogens with zero attached hydrogens (tertiary/aromatic N) is 2. The summed E-state index contributed by atoms with van der Waals surface area (Å²) < 4.78 is 6.01. The van der Waals surface area contributed by atoms with Crippen LogP contribution in [0.3, 0.4) is 0 Å². The zero-order chi connectivity index (χ0) is 15.7. The Labute approximate surface area is 132 Å². The smallest absolute Gasteiger partial charge is 0.198 e. The second-order valence-electron chi connectivity index (χ2n) is 6.83. The largest absolute Gasteiger partial charge is 0.440 e. The molecule has 3 rings (SSSR count). The summed E-state index contributed by atoms with van der Waals surface area (Å²) in [5.41, 5.74) is 9.00. The van der Waals surface area contributed by atoms with Gasteiger partial charge in [0.2, 0.25) is 0 Å². The summed E-state index contributed by atoms with van der Waals surface area (Å²) in [6.07, 6.45) is 2.21. The first-order chi connectivity index (χ1) is 10.6. The quantitative estimate of drug-likeness (QED) is 0.939. The first-order valence-electron chi connectivity index (χ1n) is 8.43. The molecule has 0 bridgehead atoms. The Balaban J connectivity index is 1.74. The van der Waals surface area contributed by atoms with Gasteiger partial charge in [0.15, 0.2) is 11.5 Å². The van der Waals surface area contributed by atoms with Gasteiger partial charge in [-0.05, 0) is 56.5 Å². The highest BCUT2D eigenvalue weighted by atomic mass is 16.3. The number of likely N-dealkylation sites (tertiary alicyclic amines) is 1. The highest BCUT2D eigenvalue weighted by molar-refractivity contribution is 5.73. The Morgan fingerprint density at radius 1 is 1.27 bits per heavy atom. The molecule has 1 atom stereocenters. The number of fused-ring (bicyclic) bond motifs is 1. The Morgan fingerprint density at radius 3 is 2.64 bits per heavy atom. The van der Waals surface area contributed by atoms with Gasteiger partial charge in [-0.15, -0.1) is 0 Å². The highest BCUT2D eigenvalue weighted by Crippen LogP contribution is 2.31. The van der Waals surface area contributed by atoms with Gasteiger partial charge in [0.25, 0.3) is 0 Å². The van der Waals surface area contributed by atoms with Gasteiger partial charge in [-0.1, -0.05) is 19.9 Å². The third kappa shape index (κ3) is 3.03. The molecular weight excluding hydrogens is 274 g/mol. The lowest BCUT2D eigenvalue weighted by atomic mass is 9.96. The van der Waals surface area contributed by atoms with Gasteiger partial charge in [0.1, 0.15) is 5.52 Å². The van der Waals surface area contributed by atoms with E-state index < -0.39 is 0 Å². The standard InChI is InChI=1S/C18H27N3O/c1-12(2)15-4-5-17-16(10-15)20-18(22-17)14-6-8-21(9-7-14)13(3)11-19/h4-5,10,12-14H,6-9,11,19H2,1-3H3. The van der Waals surface area contributed by atoms with Crippen LogP contribution in [-0.4, -0.2) is 35.6 Å². The maximum Gasteiger partial charge on any atom is 0.198 e. The number of rotatable bonds is 4. The molecule has 1 saturated heterocycles. The normalized spacial score (nSPS) is 19.1. The monoisotopic (exact) mass is 301 g/mol. The number of aromatic nitrogens is 1. The summed E-state index contributed by atoms with van der Waals surface area (Å²) in [6, 6.07) is 6.84. The van der Waals surface area contributed by atoms with Crippen molar-refractivity contribution in [3.05, 3.63) is 29.7 Å². The predicted octanol–water partition coefficient (Wildman–Crippen LogP) is 3.48. The van der Waals surface area contributed by atoms with E-state index in [-0.39, 0.29) is 0 Å². The van der Waals surface area contributed by atoms with Crippen molar-refractivity contribution in [2.75, 3.05) is 19.6 Å². The number of piperidine rings is 1. The van der Waals surface area contributed by atoms with Crippen molar-refractivity contribution < 1.29 is 4.42 Å². The van der Waals surface area contributed by atoms with Crippen molar-refractivity contribution in [1.29, 1.82) is 0 Å². The van der Waals surface area contributed by atoms with E-state index in [2.05, 4.69) is 43.9 Å². The molecule has 1 fully saturated rings. The van der Waals surface area contributed by atoms with Crippen LogP contribution in [0.15, 0.2) is 22.6 Å². The van der Waals surface area contributed by atoms with Gasteiger partial charge in [-0.3, -0.25) is 4.90 Å². The molecule has 2 N–H and O–H groups in total. The number of oxazole rings is 1. The van der Waals surface area contributed by atoms with E-state index in [9.17, 15) is 0 Å². The first kappa shape index (κ1) is 15.5. The summed E-state index contributed by atoms with van der Waals surface area (Å²) >= 11 is 0. The van der Waals surface area contributed by atoms with Gasteiger partial charge in [0.05, 0.1) is 0 Å². The van der Waals surface area contributed by atoms with Crippen molar-refractivity contribution in [3.8, 4) is 0 Å². The van der Waals surface area contributed by atoms with Crippen molar-refractivity contribution in [1.82, 2.24) is 9.88 Å². The Bertz CT molecular complexity index is 626. The fraction of sp³-hybridized carbons (Fsp3) is 0.611. The maximum absolute atomic E-state index is 6.01. The second-order valence-corrected chi connectivity index (χ2v) is 6.83. The van der Waals surface area contributed by atoms with Crippen LogP contribution in [0.4, 0.5) is 0 Å². The number of nitrogens with two attached hydrogens (primary N) is 1. The molecule has 1 aromatic carbocycles. The molecule has 1 unspecified atom stereocenters. The van der Waals surface area contributed by atoms with Gasteiger partial charge < -0.3 is 10.2 Å². The highest BCUT2D eigenvalue weighted by Gasteiger charge is 2.26. The predicted molar refractivity (Wildman–Crippen MR) is 90.2 cm³/mol. The average Bonchev–Trinajstić information content (AvgIpc) is 2.97. The van der Waals surface area contributed by atoms with Crippen LogP contribution in [0.25, 0.3) is 11.1 Å². The summed E-state index contributed by atoms with van der Waals surface area (Å²) in [4.78, 5) is 7.23. The lowest BCUT2D eigenvalue weighted by Gasteiger charge is -2.34.